The summed E-state index contributed by atoms with van der Waals surface area (Å²) in [7, 11) is -6.97. The molecule has 0 N–H and O–H groups in total. The van der Waals surface area contributed by atoms with Gasteiger partial charge in [-0.1, -0.05) is 63.2 Å². The van der Waals surface area contributed by atoms with E-state index in [-0.39, 0.29) is 0 Å². The molecule has 2 aromatic carbocycles. The van der Waals surface area contributed by atoms with E-state index in [1.807, 2.05) is 48.5 Å². The standard InChI is InChI=1S/C38H50N4O5S2/c1-3-5-7-9-11-13-15-33-48(43,44)41-29-25-39(26-30-41)35-17-21-37(22-18-35)47-38-23-19-36(20-24-38)40-27-31-42(32-28-40)49(45,46)34-16-14-12-10-8-6-4-2/h15-24,33-34H,3-10,25-32H2,1-2H3/b33-15+,34-16+. The van der Waals surface area contributed by atoms with E-state index in [1.54, 1.807) is 0 Å². The Kier molecular flexibility index (Phi) is 15.1. The average Bonchev–Trinajstić information content (AvgIpc) is 3.11. The number of sulfonamides is 2. The lowest BCUT2D eigenvalue weighted by molar-refractivity contribution is 0.389. The number of ether oxygens (including phenoxy) is 1. The second-order valence-electron chi connectivity index (χ2n) is 12.1. The highest BCUT2D eigenvalue weighted by Gasteiger charge is 2.26. The highest BCUT2D eigenvalue weighted by atomic mass is 32.2. The fraction of sp³-hybridized carbons (Fsp3) is 0.474. The van der Waals surface area contributed by atoms with Gasteiger partial charge in [0.05, 0.1) is 10.8 Å². The van der Waals surface area contributed by atoms with Crippen LogP contribution in [-0.4, -0.2) is 77.8 Å². The van der Waals surface area contributed by atoms with E-state index in [4.69, 9.17) is 4.74 Å². The summed E-state index contributed by atoms with van der Waals surface area (Å²) in [6.45, 7) is 8.34. The summed E-state index contributed by atoms with van der Waals surface area (Å²) in [5.41, 5.74) is 2.03. The Bertz CT molecular complexity index is 1590. The topological polar surface area (TPSA) is 90.5 Å². The number of rotatable bonds is 14. The Morgan fingerprint density at radius 2 is 0.939 bits per heavy atom. The fourth-order valence-electron chi connectivity index (χ4n) is 5.59. The van der Waals surface area contributed by atoms with E-state index in [2.05, 4.69) is 47.3 Å². The summed E-state index contributed by atoms with van der Waals surface area (Å²) in [6.07, 6.45) is 11.1. The molecule has 0 amide bonds. The molecule has 2 aliphatic rings. The largest absolute Gasteiger partial charge is 0.457 e. The minimum Gasteiger partial charge on any atom is -0.457 e. The molecule has 0 radical (unpaired) electrons. The molecule has 2 saturated heterocycles. The van der Waals surface area contributed by atoms with Crippen LogP contribution < -0.4 is 14.5 Å². The monoisotopic (exact) mass is 706 g/mol. The van der Waals surface area contributed by atoms with Gasteiger partial charge in [-0.15, -0.1) is 0 Å². The van der Waals surface area contributed by atoms with Crippen LogP contribution >= 0.6 is 0 Å². The smallest absolute Gasteiger partial charge is 0.236 e. The van der Waals surface area contributed by atoms with Crippen molar-refractivity contribution in [3.05, 3.63) is 71.5 Å². The van der Waals surface area contributed by atoms with Crippen molar-refractivity contribution < 1.29 is 21.6 Å². The lowest BCUT2D eigenvalue weighted by Gasteiger charge is -2.35. The Labute approximate surface area is 294 Å². The molecule has 0 aliphatic carbocycles. The summed E-state index contributed by atoms with van der Waals surface area (Å²) in [4.78, 5) is 4.35. The molecule has 0 bridgehead atoms. The van der Waals surface area contributed by atoms with E-state index >= 15 is 0 Å². The van der Waals surface area contributed by atoms with Crippen LogP contribution in [0.15, 0.2) is 71.5 Å². The maximum atomic E-state index is 12.7. The van der Waals surface area contributed by atoms with Crippen molar-refractivity contribution in [2.45, 2.75) is 65.2 Å². The predicted octanol–water partition coefficient (Wildman–Crippen LogP) is 6.58. The van der Waals surface area contributed by atoms with Gasteiger partial charge in [-0.3, -0.25) is 0 Å². The van der Waals surface area contributed by atoms with Crippen molar-refractivity contribution in [2.24, 2.45) is 0 Å². The van der Waals surface area contributed by atoms with Crippen LogP contribution in [0, 0.1) is 23.7 Å². The first-order valence-electron chi connectivity index (χ1n) is 17.4. The number of allylic oxidation sites excluding steroid dienone is 2. The molecule has 264 valence electrons. The molecule has 0 saturated carbocycles. The number of piperazine rings is 2. The first-order valence-corrected chi connectivity index (χ1v) is 20.4. The lowest BCUT2D eigenvalue weighted by atomic mass is 10.2. The van der Waals surface area contributed by atoms with E-state index < -0.39 is 20.0 Å². The SMILES string of the molecule is CCCCCC#C/C=C/S(=O)(=O)N1CCN(c2ccc(Oc3ccc(N4CCN(S(=O)(=O)/C=C/C#CCCCCC)CC4)cc3)cc2)CC1. The fourth-order valence-corrected chi connectivity index (χ4v) is 7.76. The Morgan fingerprint density at radius 3 is 1.29 bits per heavy atom. The zero-order valence-corrected chi connectivity index (χ0v) is 30.5. The van der Waals surface area contributed by atoms with Gasteiger partial charge >= 0.3 is 0 Å². The lowest BCUT2D eigenvalue weighted by Crippen LogP contribution is -2.48. The third kappa shape index (κ3) is 12.3. The Hall–Kier alpha value is -3.74. The van der Waals surface area contributed by atoms with Crippen LogP contribution in [-0.2, 0) is 20.0 Å². The van der Waals surface area contributed by atoms with Gasteiger partial charge in [0.2, 0.25) is 20.0 Å². The number of anilines is 2. The molecule has 2 aliphatic heterocycles. The first kappa shape index (κ1) is 38.1. The molecule has 0 spiro atoms. The zero-order valence-electron chi connectivity index (χ0n) is 28.9. The third-order valence-electron chi connectivity index (χ3n) is 8.50. The predicted molar refractivity (Wildman–Crippen MR) is 200 cm³/mol. The molecule has 0 unspecified atom stereocenters. The van der Waals surface area contributed by atoms with E-state index in [1.165, 1.54) is 31.6 Å². The van der Waals surface area contributed by atoms with Gasteiger partial charge < -0.3 is 14.5 Å². The van der Waals surface area contributed by atoms with Crippen molar-refractivity contribution in [2.75, 3.05) is 62.2 Å². The normalized spacial score (nSPS) is 16.4. The molecule has 9 nitrogen and oxygen atoms in total. The van der Waals surface area contributed by atoms with Gasteiger partial charge in [0.1, 0.15) is 11.5 Å². The molecular weight excluding hydrogens is 657 g/mol. The second-order valence-corrected chi connectivity index (χ2v) is 15.8. The van der Waals surface area contributed by atoms with Gasteiger partial charge in [0, 0.05) is 88.7 Å². The molecule has 0 aromatic heterocycles. The maximum Gasteiger partial charge on any atom is 0.236 e. The quantitative estimate of drug-likeness (QED) is 0.162. The van der Waals surface area contributed by atoms with Crippen molar-refractivity contribution in [3.8, 4) is 35.2 Å². The van der Waals surface area contributed by atoms with Crippen molar-refractivity contribution in [1.82, 2.24) is 8.61 Å². The van der Waals surface area contributed by atoms with E-state index in [9.17, 15) is 16.8 Å². The molecule has 49 heavy (non-hydrogen) atoms. The molecule has 11 heteroatoms. The summed E-state index contributed by atoms with van der Waals surface area (Å²) in [5.74, 6) is 13.1. The minimum absolute atomic E-state index is 0.414. The van der Waals surface area contributed by atoms with Crippen LogP contribution in [0.1, 0.15) is 65.2 Å². The van der Waals surface area contributed by atoms with Crippen molar-refractivity contribution in [3.63, 3.8) is 0 Å². The number of nitrogens with zero attached hydrogens (tertiary/aromatic N) is 4. The number of unbranched alkanes of at least 4 members (excludes halogenated alkanes) is 6. The molecule has 2 aromatic rings. The Balaban J connectivity index is 1.21. The zero-order chi connectivity index (χ0) is 35.0. The van der Waals surface area contributed by atoms with Gasteiger partial charge in [0.25, 0.3) is 0 Å². The summed E-state index contributed by atoms with van der Waals surface area (Å²) < 4.78 is 60.0. The molecule has 0 atom stereocenters. The first-order chi connectivity index (χ1) is 23.7. The molecule has 4 rings (SSSR count). The van der Waals surface area contributed by atoms with Gasteiger partial charge in [-0.25, -0.2) is 16.8 Å². The van der Waals surface area contributed by atoms with E-state index in [0.29, 0.717) is 63.9 Å². The molecule has 2 heterocycles. The van der Waals surface area contributed by atoms with Gasteiger partial charge in [0.15, 0.2) is 0 Å². The van der Waals surface area contributed by atoms with Gasteiger partial charge in [-0.05, 0) is 61.4 Å². The summed E-state index contributed by atoms with van der Waals surface area (Å²) in [6, 6.07) is 15.6. The van der Waals surface area contributed by atoms with Gasteiger partial charge in [-0.2, -0.15) is 8.61 Å². The van der Waals surface area contributed by atoms with E-state index in [0.717, 1.165) is 62.7 Å². The summed E-state index contributed by atoms with van der Waals surface area (Å²) in [5, 5.41) is 2.43. The third-order valence-corrected chi connectivity index (χ3v) is 11.6. The molecule has 2 fully saturated rings. The number of hydrogen-bond donors (Lipinski definition) is 0. The summed E-state index contributed by atoms with van der Waals surface area (Å²) >= 11 is 0. The Morgan fingerprint density at radius 1 is 0.571 bits per heavy atom. The van der Waals surface area contributed by atoms with Crippen LogP contribution in [0.5, 0.6) is 11.5 Å². The number of benzene rings is 2. The highest BCUT2D eigenvalue weighted by Crippen LogP contribution is 2.28. The average molecular weight is 707 g/mol. The number of hydrogen-bond acceptors (Lipinski definition) is 7. The van der Waals surface area contributed by atoms with Crippen LogP contribution in [0.3, 0.4) is 0 Å². The highest BCUT2D eigenvalue weighted by molar-refractivity contribution is 7.92. The van der Waals surface area contributed by atoms with Crippen LogP contribution in [0.2, 0.25) is 0 Å². The maximum absolute atomic E-state index is 12.7. The van der Waals surface area contributed by atoms with Crippen molar-refractivity contribution >= 4 is 31.4 Å². The van der Waals surface area contributed by atoms with Crippen molar-refractivity contribution in [1.29, 1.82) is 0 Å². The molecular formula is C38H50N4O5S2. The second kappa shape index (κ2) is 19.4. The van der Waals surface area contributed by atoms with Crippen LogP contribution in [0.25, 0.3) is 0 Å². The van der Waals surface area contributed by atoms with Crippen LogP contribution in [0.4, 0.5) is 11.4 Å². The minimum atomic E-state index is -3.49.